The van der Waals surface area contributed by atoms with Crippen LogP contribution in [0.15, 0.2) is 0 Å². The van der Waals surface area contributed by atoms with Crippen molar-refractivity contribution in [2.24, 2.45) is 0 Å². The molecule has 0 spiro atoms. The van der Waals surface area contributed by atoms with E-state index < -0.39 is 21.3 Å². The zero-order chi connectivity index (χ0) is 13.1. The number of thioether (sulfide) groups is 1. The average molecular weight is 281 g/mol. The summed E-state index contributed by atoms with van der Waals surface area (Å²) in [4.78, 5) is 11.2. The highest BCUT2D eigenvalue weighted by molar-refractivity contribution is 8.00. The Morgan fingerprint density at radius 3 is 2.53 bits per heavy atom. The van der Waals surface area contributed by atoms with Crippen LogP contribution in [0.2, 0.25) is 0 Å². The molecule has 1 aliphatic carbocycles. The predicted octanol–water partition coefficient (Wildman–Crippen LogP) is 0.359. The van der Waals surface area contributed by atoms with E-state index in [-0.39, 0.29) is 5.75 Å². The van der Waals surface area contributed by atoms with E-state index in [2.05, 4.69) is 5.32 Å². The predicted molar refractivity (Wildman–Crippen MR) is 69.2 cm³/mol. The van der Waals surface area contributed by atoms with Crippen LogP contribution in [-0.2, 0) is 14.6 Å². The normalized spacial score (nSPS) is 19.9. The molecule has 0 bridgehead atoms. The van der Waals surface area contributed by atoms with Crippen LogP contribution in [0.4, 0.5) is 0 Å². The number of hydrogen-bond acceptors (Lipinski definition) is 5. The van der Waals surface area contributed by atoms with Gasteiger partial charge in [-0.1, -0.05) is 0 Å². The van der Waals surface area contributed by atoms with E-state index in [0.717, 1.165) is 12.8 Å². The molecule has 1 fully saturated rings. The summed E-state index contributed by atoms with van der Waals surface area (Å²) in [5.74, 6) is 0.0374. The number of nitrogens with one attached hydrogen (secondary N) is 1. The fourth-order valence-corrected chi connectivity index (χ4v) is 3.77. The molecule has 0 saturated heterocycles. The van der Waals surface area contributed by atoms with Gasteiger partial charge in [-0.25, -0.2) is 8.42 Å². The van der Waals surface area contributed by atoms with Gasteiger partial charge in [0.15, 0.2) is 0 Å². The number of carbonyl (C=O) groups is 1. The largest absolute Gasteiger partial charge is 0.480 e. The van der Waals surface area contributed by atoms with E-state index in [9.17, 15) is 18.3 Å². The molecule has 0 heterocycles. The lowest BCUT2D eigenvalue weighted by Crippen LogP contribution is -2.52. The first-order valence-corrected chi connectivity index (χ1v) is 8.71. The van der Waals surface area contributed by atoms with Crippen molar-refractivity contribution in [2.45, 2.75) is 31.3 Å². The number of sulfone groups is 1. The van der Waals surface area contributed by atoms with Crippen LogP contribution in [0, 0.1) is 0 Å². The highest BCUT2D eigenvalue weighted by Crippen LogP contribution is 2.24. The van der Waals surface area contributed by atoms with Gasteiger partial charge in [-0.2, -0.15) is 11.8 Å². The van der Waals surface area contributed by atoms with Crippen LogP contribution in [0.3, 0.4) is 0 Å². The molecule has 0 aliphatic heterocycles. The molecule has 17 heavy (non-hydrogen) atoms. The highest BCUT2D eigenvalue weighted by Gasteiger charge is 2.38. The first-order chi connectivity index (χ1) is 7.73. The Morgan fingerprint density at radius 2 is 2.12 bits per heavy atom. The Labute approximate surface area is 106 Å². The van der Waals surface area contributed by atoms with E-state index in [1.807, 2.05) is 0 Å². The van der Waals surface area contributed by atoms with Crippen molar-refractivity contribution in [2.75, 3.05) is 23.5 Å². The molecule has 1 aliphatic rings. The molecule has 1 rings (SSSR count). The third-order valence-corrected chi connectivity index (χ3v) is 5.04. The van der Waals surface area contributed by atoms with Crippen LogP contribution in [0.5, 0.6) is 0 Å². The second-order valence-corrected chi connectivity index (χ2v) is 8.10. The molecule has 1 atom stereocenters. The molecule has 7 heteroatoms. The molecule has 5 nitrogen and oxygen atoms in total. The second-order valence-electron chi connectivity index (χ2n) is 4.74. The Hall–Kier alpha value is -0.270. The monoisotopic (exact) mass is 281 g/mol. The van der Waals surface area contributed by atoms with Crippen molar-refractivity contribution >= 4 is 27.6 Å². The number of carboxylic acid groups (broad SMARTS) is 1. The average Bonchev–Trinajstić information content (AvgIpc) is 2.94. The minimum absolute atomic E-state index is 0.0940. The van der Waals surface area contributed by atoms with Gasteiger partial charge >= 0.3 is 5.97 Å². The summed E-state index contributed by atoms with van der Waals surface area (Å²) in [5.41, 5.74) is -0.955. The number of carboxylic acids is 1. The lowest BCUT2D eigenvalue weighted by Gasteiger charge is -2.25. The quantitative estimate of drug-likeness (QED) is 0.625. The van der Waals surface area contributed by atoms with Crippen molar-refractivity contribution in [1.29, 1.82) is 0 Å². The van der Waals surface area contributed by atoms with Crippen molar-refractivity contribution in [3.8, 4) is 0 Å². The molecule has 0 aromatic rings. The Kier molecular flexibility index (Phi) is 4.86. The summed E-state index contributed by atoms with van der Waals surface area (Å²) in [7, 11) is -2.96. The summed E-state index contributed by atoms with van der Waals surface area (Å²) in [6, 6.07) is 0.312. The summed E-state index contributed by atoms with van der Waals surface area (Å²) in [6.07, 6.45) is 3.24. The molecule has 2 N–H and O–H groups in total. The van der Waals surface area contributed by atoms with Gasteiger partial charge in [0.05, 0.1) is 5.75 Å². The van der Waals surface area contributed by atoms with Crippen LogP contribution >= 0.6 is 11.8 Å². The van der Waals surface area contributed by atoms with E-state index in [1.54, 1.807) is 6.92 Å². The molecular formula is C10H19NO4S2. The van der Waals surface area contributed by atoms with Crippen molar-refractivity contribution in [3.05, 3.63) is 0 Å². The van der Waals surface area contributed by atoms with E-state index in [0.29, 0.717) is 17.5 Å². The van der Waals surface area contributed by atoms with Gasteiger partial charge in [0.1, 0.15) is 15.4 Å². The van der Waals surface area contributed by atoms with Crippen molar-refractivity contribution in [3.63, 3.8) is 0 Å². The third-order valence-electron chi connectivity index (χ3n) is 2.56. The minimum Gasteiger partial charge on any atom is -0.480 e. The topological polar surface area (TPSA) is 83.5 Å². The molecule has 0 radical (unpaired) electrons. The molecular weight excluding hydrogens is 262 g/mol. The van der Waals surface area contributed by atoms with Crippen molar-refractivity contribution in [1.82, 2.24) is 5.32 Å². The maximum Gasteiger partial charge on any atom is 0.324 e. The standard InChI is InChI=1S/C10H19NO4S2/c1-10(9(12)13,11-8-3-4-8)7-16-5-6-17(2,14)15/h8,11H,3-7H2,1-2H3,(H,12,13). The lowest BCUT2D eigenvalue weighted by atomic mass is 10.1. The molecule has 0 aromatic heterocycles. The smallest absolute Gasteiger partial charge is 0.324 e. The van der Waals surface area contributed by atoms with Crippen LogP contribution in [0.25, 0.3) is 0 Å². The fourth-order valence-electron chi connectivity index (χ4n) is 1.33. The number of aliphatic carboxylic acids is 1. The Morgan fingerprint density at radius 1 is 1.53 bits per heavy atom. The maximum absolute atomic E-state index is 11.2. The molecule has 0 aromatic carbocycles. The van der Waals surface area contributed by atoms with Crippen LogP contribution in [-0.4, -0.2) is 54.6 Å². The maximum atomic E-state index is 11.2. The highest BCUT2D eigenvalue weighted by atomic mass is 32.2. The third kappa shape index (κ3) is 5.74. The SMILES string of the molecule is CC(CSCCS(C)(=O)=O)(NC1CC1)C(=O)O. The number of hydrogen-bond donors (Lipinski definition) is 2. The van der Waals surface area contributed by atoms with Gasteiger partial charge in [-0.15, -0.1) is 0 Å². The van der Waals surface area contributed by atoms with Crippen molar-refractivity contribution < 1.29 is 18.3 Å². The van der Waals surface area contributed by atoms with Crippen LogP contribution in [0.1, 0.15) is 19.8 Å². The second kappa shape index (κ2) is 5.58. The fraction of sp³-hybridized carbons (Fsp3) is 0.900. The Balaban J connectivity index is 2.36. The summed E-state index contributed by atoms with van der Waals surface area (Å²) in [5, 5.41) is 12.3. The minimum atomic E-state index is -2.96. The van der Waals surface area contributed by atoms with E-state index in [4.69, 9.17) is 0 Å². The van der Waals surface area contributed by atoms with Gasteiger partial charge in [-0.05, 0) is 19.8 Å². The molecule has 100 valence electrons. The van der Waals surface area contributed by atoms with E-state index >= 15 is 0 Å². The van der Waals surface area contributed by atoms with Gasteiger partial charge < -0.3 is 5.11 Å². The first-order valence-electron chi connectivity index (χ1n) is 5.49. The van der Waals surface area contributed by atoms with E-state index in [1.165, 1.54) is 18.0 Å². The first kappa shape index (κ1) is 14.8. The Bertz CT molecular complexity index is 378. The summed E-state index contributed by atoms with van der Waals surface area (Å²) >= 11 is 1.36. The summed E-state index contributed by atoms with van der Waals surface area (Å²) < 4.78 is 21.9. The number of rotatable bonds is 8. The molecule has 1 saturated carbocycles. The van der Waals surface area contributed by atoms with Gasteiger partial charge in [-0.3, -0.25) is 10.1 Å². The van der Waals surface area contributed by atoms with Gasteiger partial charge in [0.25, 0.3) is 0 Å². The van der Waals surface area contributed by atoms with Gasteiger partial charge in [0.2, 0.25) is 0 Å². The van der Waals surface area contributed by atoms with Gasteiger partial charge in [0, 0.05) is 23.8 Å². The lowest BCUT2D eigenvalue weighted by molar-refractivity contribution is -0.143. The van der Waals surface area contributed by atoms with Crippen LogP contribution < -0.4 is 5.32 Å². The molecule has 0 amide bonds. The zero-order valence-electron chi connectivity index (χ0n) is 10.1. The molecule has 1 unspecified atom stereocenters. The zero-order valence-corrected chi connectivity index (χ0v) is 11.7. The summed E-state index contributed by atoms with van der Waals surface area (Å²) in [6.45, 7) is 1.65.